The molecule has 7 heteroatoms. The van der Waals surface area contributed by atoms with Gasteiger partial charge in [-0.05, 0) is 18.6 Å². The van der Waals surface area contributed by atoms with Crippen LogP contribution >= 0.6 is 0 Å². The highest BCUT2D eigenvalue weighted by molar-refractivity contribution is 6.26. The van der Waals surface area contributed by atoms with Gasteiger partial charge in [0, 0.05) is 46.5 Å². The van der Waals surface area contributed by atoms with Crippen LogP contribution in [0.4, 0.5) is 10.5 Å². The smallest absolute Gasteiger partial charge is 0.408 e. The van der Waals surface area contributed by atoms with Gasteiger partial charge in [-0.3, -0.25) is 19.5 Å². The largest absolute Gasteiger partial charge is 0.465 e. The third-order valence-electron chi connectivity index (χ3n) is 6.58. The number of hydrogen-bond acceptors (Lipinski definition) is 5. The van der Waals surface area contributed by atoms with E-state index in [4.69, 9.17) is 0 Å². The van der Waals surface area contributed by atoms with Crippen LogP contribution in [0.5, 0.6) is 0 Å². The number of likely N-dealkylation sites (tertiary alicyclic amines) is 1. The topological polar surface area (TPSA) is 99.6 Å². The Labute approximate surface area is 202 Å². The summed E-state index contributed by atoms with van der Waals surface area (Å²) in [5, 5.41) is 15.3. The van der Waals surface area contributed by atoms with Crippen molar-refractivity contribution < 1.29 is 19.5 Å². The molecule has 0 radical (unpaired) electrons. The van der Waals surface area contributed by atoms with Crippen LogP contribution in [0.3, 0.4) is 0 Å². The maximum absolute atomic E-state index is 14.2. The summed E-state index contributed by atoms with van der Waals surface area (Å²) in [4.78, 5) is 46.0. The highest BCUT2D eigenvalue weighted by Crippen LogP contribution is 2.39. The predicted octanol–water partition coefficient (Wildman–Crippen LogP) is 4.90. The number of carbonyl (C=O) groups is 3. The van der Waals surface area contributed by atoms with Gasteiger partial charge >= 0.3 is 6.09 Å². The fourth-order valence-electron chi connectivity index (χ4n) is 4.97. The second-order valence-corrected chi connectivity index (χ2v) is 8.48. The highest BCUT2D eigenvalue weighted by Gasteiger charge is 2.62. The Morgan fingerprint density at radius 1 is 0.857 bits per heavy atom. The fourth-order valence-corrected chi connectivity index (χ4v) is 4.97. The molecule has 1 aromatic heterocycles. The zero-order chi connectivity index (χ0) is 24.4. The first-order valence-corrected chi connectivity index (χ1v) is 11.3. The van der Waals surface area contributed by atoms with E-state index in [1.54, 1.807) is 73.1 Å². The molecule has 7 nitrogen and oxygen atoms in total. The number of carboxylic acid groups (broad SMARTS) is 1. The molecule has 2 heterocycles. The summed E-state index contributed by atoms with van der Waals surface area (Å²) >= 11 is 0. The molecule has 0 spiro atoms. The van der Waals surface area contributed by atoms with Gasteiger partial charge in [-0.2, -0.15) is 0 Å². The lowest BCUT2D eigenvalue weighted by Crippen LogP contribution is -2.65. The van der Waals surface area contributed by atoms with E-state index in [1.807, 2.05) is 24.3 Å². The lowest BCUT2D eigenvalue weighted by Gasteiger charge is -2.39. The predicted molar refractivity (Wildman–Crippen MR) is 133 cm³/mol. The van der Waals surface area contributed by atoms with Crippen molar-refractivity contribution in [1.82, 2.24) is 9.88 Å². The second kappa shape index (κ2) is 9.02. The number of ketones is 2. The lowest BCUT2D eigenvalue weighted by atomic mass is 9.76. The summed E-state index contributed by atoms with van der Waals surface area (Å²) < 4.78 is 0. The number of fused-ring (bicyclic) bond motifs is 1. The number of rotatable bonds is 6. The van der Waals surface area contributed by atoms with Crippen LogP contribution in [0.2, 0.25) is 0 Å². The summed E-state index contributed by atoms with van der Waals surface area (Å²) in [5.74, 6) is -1.10. The Hall–Kier alpha value is -4.52. The molecule has 2 N–H and O–H groups in total. The zero-order valence-corrected chi connectivity index (χ0v) is 18.8. The number of anilines is 1. The number of aromatic nitrogens is 1. The van der Waals surface area contributed by atoms with Crippen molar-refractivity contribution in [1.29, 1.82) is 0 Å². The quantitative estimate of drug-likeness (QED) is 0.310. The Balaban J connectivity index is 1.71. The first kappa shape index (κ1) is 22.3. The van der Waals surface area contributed by atoms with Crippen LogP contribution in [0.15, 0.2) is 97.3 Å². The maximum Gasteiger partial charge on any atom is 0.408 e. The zero-order valence-electron chi connectivity index (χ0n) is 18.8. The first-order chi connectivity index (χ1) is 17.0. The molecule has 1 unspecified atom stereocenters. The van der Waals surface area contributed by atoms with Gasteiger partial charge in [-0.15, -0.1) is 0 Å². The Morgan fingerprint density at radius 2 is 1.49 bits per heavy atom. The molecule has 0 aliphatic carbocycles. The summed E-state index contributed by atoms with van der Waals surface area (Å²) in [5.41, 5.74) is -0.727. The first-order valence-electron chi connectivity index (χ1n) is 11.3. The summed E-state index contributed by atoms with van der Waals surface area (Å²) in [6, 6.07) is 23.5. The van der Waals surface area contributed by atoms with E-state index >= 15 is 0 Å². The molecule has 0 saturated carbocycles. The molecular formula is C28H23N3O4. The standard InChI is InChI=1S/C28H23N3O4/c32-25(19-8-3-1-4-9-19)28(26(33)20-10-5-2-6-11-20)24(15-17-31(28)27(34)35)30-23-13-7-12-21-18-29-16-14-22(21)23/h1-14,16,18,24,30H,15,17H2,(H,34,35). The minimum atomic E-state index is -1.98. The number of nitrogens with zero attached hydrogens (tertiary/aromatic N) is 2. The molecule has 1 fully saturated rings. The Morgan fingerprint density at radius 3 is 2.09 bits per heavy atom. The van der Waals surface area contributed by atoms with E-state index in [0.717, 1.165) is 15.7 Å². The van der Waals surface area contributed by atoms with Gasteiger partial charge in [-0.1, -0.05) is 72.8 Å². The molecule has 0 bridgehead atoms. The Bertz CT molecular complexity index is 1350. The van der Waals surface area contributed by atoms with Crippen LogP contribution in [0.1, 0.15) is 27.1 Å². The molecule has 35 heavy (non-hydrogen) atoms. The van der Waals surface area contributed by atoms with E-state index in [1.165, 1.54) is 0 Å². The molecular weight excluding hydrogens is 442 g/mol. The third kappa shape index (κ3) is 3.71. The molecule has 1 aliphatic rings. The van der Waals surface area contributed by atoms with Gasteiger partial charge in [-0.25, -0.2) is 4.79 Å². The number of carbonyl (C=O) groups excluding carboxylic acids is 2. The third-order valence-corrected chi connectivity index (χ3v) is 6.58. The number of hydrogen-bond donors (Lipinski definition) is 2. The number of amides is 1. The number of nitrogens with one attached hydrogen (secondary N) is 1. The fraction of sp³-hybridized carbons (Fsp3) is 0.143. The van der Waals surface area contributed by atoms with Crippen LogP contribution in [-0.4, -0.2) is 50.8 Å². The van der Waals surface area contributed by atoms with Gasteiger partial charge in [0.25, 0.3) is 0 Å². The van der Waals surface area contributed by atoms with Gasteiger partial charge in [0.05, 0.1) is 6.04 Å². The highest BCUT2D eigenvalue weighted by atomic mass is 16.4. The monoisotopic (exact) mass is 465 g/mol. The van der Waals surface area contributed by atoms with Crippen molar-refractivity contribution in [2.45, 2.75) is 18.0 Å². The normalized spacial score (nSPS) is 16.7. The molecule has 5 rings (SSSR count). The molecule has 1 atom stereocenters. The molecule has 1 saturated heterocycles. The van der Waals surface area contributed by atoms with Gasteiger partial charge in [0.15, 0.2) is 17.1 Å². The SMILES string of the molecule is O=C(O)N1CCC(Nc2cccc3cnccc23)C1(C(=O)c1ccccc1)C(=O)c1ccccc1. The van der Waals surface area contributed by atoms with Gasteiger partial charge in [0.2, 0.25) is 0 Å². The van der Waals surface area contributed by atoms with Crippen molar-refractivity contribution in [2.24, 2.45) is 0 Å². The van der Waals surface area contributed by atoms with Crippen molar-refractivity contribution in [3.63, 3.8) is 0 Å². The number of Topliss-reactive ketones (excluding diaryl/α,β-unsaturated/α-hetero) is 2. The number of benzene rings is 3. The van der Waals surface area contributed by atoms with Crippen molar-refractivity contribution in [3.05, 3.63) is 108 Å². The van der Waals surface area contributed by atoms with Crippen molar-refractivity contribution >= 4 is 34.1 Å². The van der Waals surface area contributed by atoms with Gasteiger partial charge < -0.3 is 10.4 Å². The molecule has 1 amide bonds. The van der Waals surface area contributed by atoms with Gasteiger partial charge in [0.1, 0.15) is 0 Å². The maximum atomic E-state index is 14.2. The average Bonchev–Trinajstić information content (AvgIpc) is 3.29. The van der Waals surface area contributed by atoms with Crippen molar-refractivity contribution in [2.75, 3.05) is 11.9 Å². The Kier molecular flexibility index (Phi) is 5.74. The van der Waals surface area contributed by atoms with E-state index in [9.17, 15) is 19.5 Å². The molecule has 3 aromatic carbocycles. The van der Waals surface area contributed by atoms with Crippen LogP contribution < -0.4 is 5.32 Å². The van der Waals surface area contributed by atoms with E-state index < -0.39 is 29.2 Å². The summed E-state index contributed by atoms with van der Waals surface area (Å²) in [7, 11) is 0. The molecule has 174 valence electrons. The second-order valence-electron chi connectivity index (χ2n) is 8.48. The summed E-state index contributed by atoms with van der Waals surface area (Å²) in [6.45, 7) is 0.0382. The van der Waals surface area contributed by atoms with E-state index in [-0.39, 0.29) is 24.1 Å². The average molecular weight is 466 g/mol. The number of pyridine rings is 1. The minimum absolute atomic E-state index is 0.0382. The summed E-state index contributed by atoms with van der Waals surface area (Å²) in [6.07, 6.45) is 2.37. The minimum Gasteiger partial charge on any atom is -0.465 e. The van der Waals surface area contributed by atoms with Crippen LogP contribution in [-0.2, 0) is 0 Å². The molecule has 1 aliphatic heterocycles. The van der Waals surface area contributed by atoms with Crippen LogP contribution in [0.25, 0.3) is 10.8 Å². The lowest BCUT2D eigenvalue weighted by molar-refractivity contribution is 0.0526. The van der Waals surface area contributed by atoms with E-state index in [0.29, 0.717) is 5.69 Å². The molecule has 4 aromatic rings. The van der Waals surface area contributed by atoms with Crippen LogP contribution in [0, 0.1) is 0 Å². The van der Waals surface area contributed by atoms with E-state index in [2.05, 4.69) is 10.3 Å². The van der Waals surface area contributed by atoms with Crippen molar-refractivity contribution in [3.8, 4) is 0 Å².